The predicted molar refractivity (Wildman–Crippen MR) is 65.5 cm³/mol. The maximum absolute atomic E-state index is 10.9. The SMILES string of the molecule is COc1cc(C)c(Cl)c(C)c1NC(=O)S. The topological polar surface area (TPSA) is 38.3 Å². The number of hydrogen-bond donors (Lipinski definition) is 2. The molecule has 0 spiro atoms. The van der Waals surface area contributed by atoms with E-state index in [4.69, 9.17) is 16.3 Å². The van der Waals surface area contributed by atoms with Gasteiger partial charge in [-0.25, -0.2) is 0 Å². The van der Waals surface area contributed by atoms with Gasteiger partial charge >= 0.3 is 0 Å². The van der Waals surface area contributed by atoms with Crippen LogP contribution < -0.4 is 10.1 Å². The van der Waals surface area contributed by atoms with Gasteiger partial charge in [-0.2, -0.15) is 0 Å². The van der Waals surface area contributed by atoms with Crippen LogP contribution in [-0.4, -0.2) is 12.3 Å². The first-order valence-electron chi connectivity index (χ1n) is 4.31. The standard InChI is InChI=1S/C10H12ClNO2S/c1-5-4-7(14-3)9(12-10(13)15)6(2)8(5)11/h4H,1-3H3,(H2,12,13,15). The molecule has 1 aromatic rings. The third kappa shape index (κ3) is 2.58. The summed E-state index contributed by atoms with van der Waals surface area (Å²) in [5.74, 6) is 0.580. The summed E-state index contributed by atoms with van der Waals surface area (Å²) in [6.07, 6.45) is 0. The zero-order chi connectivity index (χ0) is 11.6. The molecule has 0 aromatic heterocycles. The lowest BCUT2D eigenvalue weighted by atomic mass is 10.1. The second kappa shape index (κ2) is 4.77. The molecule has 1 amide bonds. The van der Waals surface area contributed by atoms with E-state index in [1.807, 2.05) is 13.8 Å². The van der Waals surface area contributed by atoms with Crippen LogP contribution in [0.15, 0.2) is 6.07 Å². The van der Waals surface area contributed by atoms with Crippen molar-refractivity contribution in [1.82, 2.24) is 0 Å². The fourth-order valence-electron chi connectivity index (χ4n) is 1.35. The van der Waals surface area contributed by atoms with Gasteiger partial charge in [0.1, 0.15) is 5.75 Å². The van der Waals surface area contributed by atoms with E-state index in [0.717, 1.165) is 11.1 Å². The second-order valence-electron chi connectivity index (χ2n) is 3.14. The molecule has 82 valence electrons. The highest BCUT2D eigenvalue weighted by Gasteiger charge is 2.13. The van der Waals surface area contributed by atoms with Crippen molar-refractivity contribution in [2.24, 2.45) is 0 Å². The summed E-state index contributed by atoms with van der Waals surface area (Å²) < 4.78 is 5.16. The van der Waals surface area contributed by atoms with Crippen molar-refractivity contribution in [2.45, 2.75) is 13.8 Å². The molecule has 0 aliphatic rings. The lowest BCUT2D eigenvalue weighted by molar-refractivity contribution is 0.270. The molecule has 0 heterocycles. The summed E-state index contributed by atoms with van der Waals surface area (Å²) in [6, 6.07) is 1.77. The number of aryl methyl sites for hydroxylation is 1. The Labute approximate surface area is 99.2 Å². The van der Waals surface area contributed by atoms with Gasteiger partial charge in [-0.15, -0.1) is 0 Å². The van der Waals surface area contributed by atoms with Gasteiger partial charge in [0.15, 0.2) is 0 Å². The first kappa shape index (κ1) is 12.2. The summed E-state index contributed by atoms with van der Waals surface area (Å²) in [4.78, 5) is 10.9. The number of rotatable bonds is 2. The molecule has 0 fully saturated rings. The zero-order valence-corrected chi connectivity index (χ0v) is 10.4. The van der Waals surface area contributed by atoms with Gasteiger partial charge in [-0.1, -0.05) is 24.2 Å². The zero-order valence-electron chi connectivity index (χ0n) is 8.72. The van der Waals surface area contributed by atoms with Crippen molar-refractivity contribution < 1.29 is 9.53 Å². The molecule has 15 heavy (non-hydrogen) atoms. The van der Waals surface area contributed by atoms with E-state index >= 15 is 0 Å². The van der Waals surface area contributed by atoms with Gasteiger partial charge in [-0.05, 0) is 31.0 Å². The maximum Gasteiger partial charge on any atom is 0.280 e. The fourth-order valence-corrected chi connectivity index (χ4v) is 1.61. The van der Waals surface area contributed by atoms with Crippen LogP contribution in [-0.2, 0) is 0 Å². The quantitative estimate of drug-likeness (QED) is 0.784. The van der Waals surface area contributed by atoms with Crippen molar-refractivity contribution in [3.63, 3.8) is 0 Å². The Hall–Kier alpha value is -0.870. The normalized spacial score (nSPS) is 9.93. The van der Waals surface area contributed by atoms with Crippen molar-refractivity contribution in [2.75, 3.05) is 12.4 Å². The Balaban J connectivity index is 3.33. The van der Waals surface area contributed by atoms with E-state index in [1.54, 1.807) is 6.07 Å². The molecule has 0 saturated heterocycles. The average Bonchev–Trinajstić information content (AvgIpc) is 2.18. The minimum absolute atomic E-state index is 0.448. The van der Waals surface area contributed by atoms with Crippen LogP contribution >= 0.6 is 24.2 Å². The predicted octanol–water partition coefficient (Wildman–Crippen LogP) is 3.43. The number of carbonyl (C=O) groups is 1. The summed E-state index contributed by atoms with van der Waals surface area (Å²) in [5.41, 5.74) is 2.24. The Kier molecular flexibility index (Phi) is 3.88. The third-order valence-corrected chi connectivity index (χ3v) is 2.79. The van der Waals surface area contributed by atoms with Crippen LogP contribution in [0.4, 0.5) is 10.5 Å². The van der Waals surface area contributed by atoms with Crippen molar-refractivity contribution in [3.05, 3.63) is 22.2 Å². The van der Waals surface area contributed by atoms with Gasteiger partial charge in [0.25, 0.3) is 5.24 Å². The first-order valence-corrected chi connectivity index (χ1v) is 5.13. The Morgan fingerprint density at radius 3 is 2.60 bits per heavy atom. The Morgan fingerprint density at radius 2 is 2.13 bits per heavy atom. The molecule has 0 aliphatic carbocycles. The largest absolute Gasteiger partial charge is 0.495 e. The summed E-state index contributed by atoms with van der Waals surface area (Å²) in [6.45, 7) is 3.70. The molecule has 0 bridgehead atoms. The van der Waals surface area contributed by atoms with Crippen LogP contribution in [0.1, 0.15) is 11.1 Å². The summed E-state index contributed by atoms with van der Waals surface area (Å²) in [7, 11) is 1.54. The lowest BCUT2D eigenvalue weighted by Gasteiger charge is -2.14. The van der Waals surface area contributed by atoms with E-state index in [2.05, 4.69) is 17.9 Å². The van der Waals surface area contributed by atoms with Gasteiger partial charge in [-0.3, -0.25) is 4.79 Å². The van der Waals surface area contributed by atoms with E-state index < -0.39 is 5.24 Å². The molecule has 0 aliphatic heterocycles. The second-order valence-corrected chi connectivity index (χ2v) is 3.92. The fraction of sp³-hybridized carbons (Fsp3) is 0.300. The number of methoxy groups -OCH3 is 1. The van der Waals surface area contributed by atoms with Crippen molar-refractivity contribution in [1.29, 1.82) is 0 Å². The highest BCUT2D eigenvalue weighted by molar-refractivity contribution is 7.96. The maximum atomic E-state index is 10.9. The minimum atomic E-state index is -0.448. The third-order valence-electron chi connectivity index (χ3n) is 2.10. The number of thiol groups is 1. The number of nitrogens with one attached hydrogen (secondary N) is 1. The Morgan fingerprint density at radius 1 is 1.53 bits per heavy atom. The van der Waals surface area contributed by atoms with Gasteiger partial charge in [0.05, 0.1) is 12.8 Å². The molecular formula is C10H12ClNO2S. The van der Waals surface area contributed by atoms with Gasteiger partial charge < -0.3 is 10.1 Å². The van der Waals surface area contributed by atoms with Crippen LogP contribution in [0.25, 0.3) is 0 Å². The number of carbonyl (C=O) groups excluding carboxylic acids is 1. The molecule has 5 heteroatoms. The van der Waals surface area contributed by atoms with Crippen molar-refractivity contribution in [3.8, 4) is 5.75 Å². The summed E-state index contributed by atoms with van der Waals surface area (Å²) >= 11 is 9.72. The smallest absolute Gasteiger partial charge is 0.280 e. The number of anilines is 1. The molecule has 1 rings (SSSR count). The molecule has 0 atom stereocenters. The first-order chi connectivity index (χ1) is 6.97. The summed E-state index contributed by atoms with van der Waals surface area (Å²) in [5, 5.41) is 2.75. The van der Waals surface area contributed by atoms with E-state index in [9.17, 15) is 4.79 Å². The molecule has 1 aromatic carbocycles. The monoisotopic (exact) mass is 245 g/mol. The van der Waals surface area contributed by atoms with Gasteiger partial charge in [0, 0.05) is 5.02 Å². The van der Waals surface area contributed by atoms with Crippen LogP contribution in [0.2, 0.25) is 5.02 Å². The number of halogens is 1. The van der Waals surface area contributed by atoms with E-state index in [0.29, 0.717) is 16.5 Å². The van der Waals surface area contributed by atoms with E-state index in [-0.39, 0.29) is 0 Å². The number of ether oxygens (including phenoxy) is 1. The van der Waals surface area contributed by atoms with Crippen LogP contribution in [0.3, 0.4) is 0 Å². The average molecular weight is 246 g/mol. The number of benzene rings is 1. The Bertz CT molecular complexity index is 407. The van der Waals surface area contributed by atoms with Crippen molar-refractivity contribution >= 4 is 35.2 Å². The molecule has 0 unspecified atom stereocenters. The highest BCUT2D eigenvalue weighted by atomic mass is 35.5. The molecule has 0 saturated carbocycles. The van der Waals surface area contributed by atoms with Crippen LogP contribution in [0, 0.1) is 13.8 Å². The molecular weight excluding hydrogens is 234 g/mol. The van der Waals surface area contributed by atoms with Gasteiger partial charge in [0.2, 0.25) is 0 Å². The molecule has 1 N–H and O–H groups in total. The lowest BCUT2D eigenvalue weighted by Crippen LogP contribution is -2.06. The minimum Gasteiger partial charge on any atom is -0.495 e. The van der Waals surface area contributed by atoms with E-state index in [1.165, 1.54) is 7.11 Å². The highest BCUT2D eigenvalue weighted by Crippen LogP contribution is 2.35. The van der Waals surface area contributed by atoms with Crippen LogP contribution in [0.5, 0.6) is 5.75 Å². The number of amides is 1. The number of hydrogen-bond acceptors (Lipinski definition) is 2. The molecule has 3 nitrogen and oxygen atoms in total. The molecule has 0 radical (unpaired) electrons.